The van der Waals surface area contributed by atoms with Gasteiger partial charge in [0.1, 0.15) is 5.54 Å². The Morgan fingerprint density at radius 2 is 1.83 bits per heavy atom. The van der Waals surface area contributed by atoms with Crippen molar-refractivity contribution in [1.29, 1.82) is 0 Å². The Labute approximate surface area is 104 Å². The number of rotatable bonds is 7. The summed E-state index contributed by atoms with van der Waals surface area (Å²) < 4.78 is 62.7. The summed E-state index contributed by atoms with van der Waals surface area (Å²) in [7, 11) is -3.85. The number of alkyl halides is 3. The molecule has 2 aliphatic rings. The normalized spacial score (nSPS) is 23.1. The maximum absolute atomic E-state index is 12.6. The molecule has 0 aromatic rings. The molecule has 0 heterocycles. The van der Waals surface area contributed by atoms with Crippen molar-refractivity contribution in [1.82, 2.24) is 10.0 Å². The summed E-state index contributed by atoms with van der Waals surface area (Å²) in [5.41, 5.74) is -2.18. The van der Waals surface area contributed by atoms with Gasteiger partial charge in [-0.25, -0.2) is 8.42 Å². The second kappa shape index (κ2) is 4.64. The fourth-order valence-corrected chi connectivity index (χ4v) is 3.31. The van der Waals surface area contributed by atoms with Crippen LogP contribution in [0.3, 0.4) is 0 Å². The molecule has 2 aliphatic carbocycles. The molecule has 0 spiro atoms. The highest BCUT2D eigenvalue weighted by Crippen LogP contribution is 2.49. The molecule has 0 bridgehead atoms. The smallest absolute Gasteiger partial charge is 0.314 e. The molecule has 0 amide bonds. The highest BCUT2D eigenvalue weighted by atomic mass is 32.2. The van der Waals surface area contributed by atoms with Crippen LogP contribution in [-0.2, 0) is 10.0 Å². The van der Waals surface area contributed by atoms with Crippen LogP contribution in [0.15, 0.2) is 0 Å². The molecule has 2 N–H and O–H groups in total. The minimum Gasteiger partial charge on any atom is -0.314 e. The molecule has 4 nitrogen and oxygen atoms in total. The van der Waals surface area contributed by atoms with Gasteiger partial charge in [0.25, 0.3) is 0 Å². The van der Waals surface area contributed by atoms with Gasteiger partial charge < -0.3 is 5.32 Å². The van der Waals surface area contributed by atoms with Crippen LogP contribution in [0.2, 0.25) is 0 Å². The lowest BCUT2D eigenvalue weighted by Crippen LogP contribution is -2.48. The van der Waals surface area contributed by atoms with Gasteiger partial charge in [0.05, 0.1) is 5.75 Å². The first-order valence-corrected chi connectivity index (χ1v) is 7.71. The summed E-state index contributed by atoms with van der Waals surface area (Å²) in [5, 5.41) is 3.12. The second-order valence-corrected chi connectivity index (χ2v) is 6.92. The molecule has 2 saturated carbocycles. The first kappa shape index (κ1) is 14.1. The quantitative estimate of drug-likeness (QED) is 0.690. The summed E-state index contributed by atoms with van der Waals surface area (Å²) in [6.45, 7) is 0.532. The van der Waals surface area contributed by atoms with Crippen molar-refractivity contribution in [3.8, 4) is 0 Å². The number of hydrogen-bond acceptors (Lipinski definition) is 3. The van der Waals surface area contributed by atoms with E-state index >= 15 is 0 Å². The van der Waals surface area contributed by atoms with Gasteiger partial charge in [-0.1, -0.05) is 0 Å². The molecule has 2 fully saturated rings. The standard InChI is InChI=1S/C10H17F3N2O2S/c11-10(12,13)9(4-5-9)15-18(16,17)7-1-6-14-8-2-3-8/h8,14-15H,1-7H2. The SMILES string of the molecule is O=S(=O)(CCCNC1CC1)NC1(C(F)(F)F)CC1. The zero-order valence-corrected chi connectivity index (χ0v) is 10.7. The van der Waals surface area contributed by atoms with Crippen LogP contribution < -0.4 is 10.0 Å². The van der Waals surface area contributed by atoms with Gasteiger partial charge >= 0.3 is 6.18 Å². The van der Waals surface area contributed by atoms with Gasteiger partial charge in [0.15, 0.2) is 0 Å². The van der Waals surface area contributed by atoms with Crippen molar-refractivity contribution < 1.29 is 21.6 Å². The Kier molecular flexibility index (Phi) is 3.63. The average Bonchev–Trinajstić information content (AvgIpc) is 3.04. The van der Waals surface area contributed by atoms with Crippen LogP contribution in [0.4, 0.5) is 13.2 Å². The Hall–Kier alpha value is -0.340. The number of hydrogen-bond donors (Lipinski definition) is 2. The van der Waals surface area contributed by atoms with Crippen LogP contribution in [0.5, 0.6) is 0 Å². The van der Waals surface area contributed by atoms with Gasteiger partial charge in [0.2, 0.25) is 10.0 Å². The third kappa shape index (κ3) is 3.58. The predicted molar refractivity (Wildman–Crippen MR) is 60.6 cm³/mol. The van der Waals surface area contributed by atoms with Crippen molar-refractivity contribution in [2.45, 2.75) is 49.9 Å². The maximum Gasteiger partial charge on any atom is 0.407 e. The van der Waals surface area contributed by atoms with Crippen molar-refractivity contribution in [2.75, 3.05) is 12.3 Å². The number of nitrogens with one attached hydrogen (secondary N) is 2. The summed E-state index contributed by atoms with van der Waals surface area (Å²) >= 11 is 0. The third-order valence-electron chi connectivity index (χ3n) is 3.24. The highest BCUT2D eigenvalue weighted by Gasteiger charge is 2.65. The molecule has 0 aromatic heterocycles. The first-order valence-electron chi connectivity index (χ1n) is 6.06. The molecule has 106 valence electrons. The molecule has 8 heteroatoms. The molecule has 0 unspecified atom stereocenters. The van der Waals surface area contributed by atoms with Crippen molar-refractivity contribution in [2.24, 2.45) is 0 Å². The summed E-state index contributed by atoms with van der Waals surface area (Å²) in [5.74, 6) is -0.259. The van der Waals surface area contributed by atoms with Crippen LogP contribution >= 0.6 is 0 Å². The molecular formula is C10H17F3N2O2S. The molecule has 0 saturated heterocycles. The second-order valence-electron chi connectivity index (χ2n) is 5.08. The van der Waals surface area contributed by atoms with E-state index < -0.39 is 21.7 Å². The van der Waals surface area contributed by atoms with E-state index in [4.69, 9.17) is 0 Å². The van der Waals surface area contributed by atoms with Crippen LogP contribution in [0, 0.1) is 0 Å². The lowest BCUT2D eigenvalue weighted by molar-refractivity contribution is -0.160. The summed E-state index contributed by atoms with van der Waals surface area (Å²) in [4.78, 5) is 0. The van der Waals surface area contributed by atoms with Gasteiger partial charge in [-0.05, 0) is 38.6 Å². The maximum atomic E-state index is 12.6. The van der Waals surface area contributed by atoms with Crippen LogP contribution in [0.25, 0.3) is 0 Å². The van der Waals surface area contributed by atoms with Crippen molar-refractivity contribution in [3.05, 3.63) is 0 Å². The number of sulfonamides is 1. The van der Waals surface area contributed by atoms with E-state index in [2.05, 4.69) is 5.32 Å². The van der Waals surface area contributed by atoms with Gasteiger partial charge in [-0.15, -0.1) is 0 Å². The van der Waals surface area contributed by atoms with E-state index in [0.717, 1.165) is 12.8 Å². The first-order chi connectivity index (χ1) is 8.24. The monoisotopic (exact) mass is 286 g/mol. The Bertz CT molecular complexity index is 400. The fraction of sp³-hybridized carbons (Fsp3) is 1.00. The van der Waals surface area contributed by atoms with Crippen LogP contribution in [0.1, 0.15) is 32.1 Å². The molecular weight excluding hydrogens is 269 g/mol. The lowest BCUT2D eigenvalue weighted by Gasteiger charge is -2.20. The van der Waals surface area contributed by atoms with E-state index in [1.165, 1.54) is 0 Å². The molecule has 0 aliphatic heterocycles. The number of halogens is 3. The zero-order chi connectivity index (χ0) is 13.4. The topological polar surface area (TPSA) is 58.2 Å². The van der Waals surface area contributed by atoms with Crippen LogP contribution in [-0.4, -0.2) is 38.5 Å². The van der Waals surface area contributed by atoms with E-state index in [9.17, 15) is 21.6 Å². The molecule has 0 atom stereocenters. The van der Waals surface area contributed by atoms with E-state index in [-0.39, 0.29) is 18.6 Å². The lowest BCUT2D eigenvalue weighted by atomic mass is 10.3. The van der Waals surface area contributed by atoms with Gasteiger partial charge in [-0.3, -0.25) is 0 Å². The summed E-state index contributed by atoms with van der Waals surface area (Å²) in [6.07, 6.45) is -2.28. The highest BCUT2D eigenvalue weighted by molar-refractivity contribution is 7.89. The van der Waals surface area contributed by atoms with Gasteiger partial charge in [0, 0.05) is 6.04 Å². The Morgan fingerprint density at radius 3 is 2.28 bits per heavy atom. The fourth-order valence-electron chi connectivity index (χ4n) is 1.77. The van der Waals surface area contributed by atoms with Gasteiger partial charge in [-0.2, -0.15) is 17.9 Å². The molecule has 18 heavy (non-hydrogen) atoms. The minimum absolute atomic E-state index is 0.157. The summed E-state index contributed by atoms with van der Waals surface area (Å²) in [6, 6.07) is 0.477. The molecule has 2 rings (SSSR count). The largest absolute Gasteiger partial charge is 0.407 e. The van der Waals surface area contributed by atoms with E-state index in [0.29, 0.717) is 19.0 Å². The zero-order valence-electron chi connectivity index (χ0n) is 9.89. The van der Waals surface area contributed by atoms with Crippen molar-refractivity contribution in [3.63, 3.8) is 0 Å². The van der Waals surface area contributed by atoms with E-state index in [1.807, 2.05) is 0 Å². The Morgan fingerprint density at radius 1 is 1.22 bits per heavy atom. The molecule has 0 radical (unpaired) electrons. The Balaban J connectivity index is 1.76. The third-order valence-corrected chi connectivity index (χ3v) is 4.77. The van der Waals surface area contributed by atoms with E-state index in [1.54, 1.807) is 4.72 Å². The minimum atomic E-state index is -4.49. The van der Waals surface area contributed by atoms with Crippen molar-refractivity contribution >= 4 is 10.0 Å². The average molecular weight is 286 g/mol. The predicted octanol–water partition coefficient (Wildman–Crippen LogP) is 1.14. The molecule has 0 aromatic carbocycles.